The molecule has 0 bridgehead atoms. The van der Waals surface area contributed by atoms with Gasteiger partial charge in [0.15, 0.2) is 0 Å². The molecule has 0 aliphatic heterocycles. The molecule has 13 heavy (non-hydrogen) atoms. The standard InChI is InChI=1S/C8H11N3O2/c9-4-6-2-1-3-10-7(6)5-11-8(12)13/h1-3,11H,4-5,9H2,(H,12,13). The van der Waals surface area contributed by atoms with Gasteiger partial charge in [0, 0.05) is 12.7 Å². The van der Waals surface area contributed by atoms with Gasteiger partial charge in [-0.05, 0) is 11.6 Å². The van der Waals surface area contributed by atoms with Crippen LogP contribution in [0.2, 0.25) is 0 Å². The van der Waals surface area contributed by atoms with Crippen LogP contribution in [-0.2, 0) is 13.1 Å². The highest BCUT2D eigenvalue weighted by molar-refractivity contribution is 5.64. The van der Waals surface area contributed by atoms with Gasteiger partial charge >= 0.3 is 6.09 Å². The van der Waals surface area contributed by atoms with Gasteiger partial charge in [0.1, 0.15) is 0 Å². The van der Waals surface area contributed by atoms with E-state index in [9.17, 15) is 4.79 Å². The Morgan fingerprint density at radius 1 is 1.69 bits per heavy atom. The summed E-state index contributed by atoms with van der Waals surface area (Å²) in [6.45, 7) is 0.563. The van der Waals surface area contributed by atoms with Crippen LogP contribution >= 0.6 is 0 Å². The van der Waals surface area contributed by atoms with Crippen LogP contribution < -0.4 is 11.1 Å². The summed E-state index contributed by atoms with van der Waals surface area (Å²) in [4.78, 5) is 14.2. The predicted molar refractivity (Wildman–Crippen MR) is 47.0 cm³/mol. The fraction of sp³-hybridized carbons (Fsp3) is 0.250. The van der Waals surface area contributed by atoms with Crippen LogP contribution in [0, 0.1) is 0 Å². The predicted octanol–water partition coefficient (Wildman–Crippen LogP) is 0.308. The SMILES string of the molecule is NCc1cccnc1CNC(=O)O. The Morgan fingerprint density at radius 3 is 3.08 bits per heavy atom. The molecule has 1 amide bonds. The van der Waals surface area contributed by atoms with Gasteiger partial charge in [-0.3, -0.25) is 4.98 Å². The highest BCUT2D eigenvalue weighted by Gasteiger charge is 2.02. The number of hydrogen-bond donors (Lipinski definition) is 3. The Balaban J connectivity index is 2.69. The maximum Gasteiger partial charge on any atom is 0.404 e. The van der Waals surface area contributed by atoms with E-state index < -0.39 is 6.09 Å². The van der Waals surface area contributed by atoms with Crippen LogP contribution in [0.4, 0.5) is 4.79 Å². The van der Waals surface area contributed by atoms with Crippen molar-refractivity contribution in [3.63, 3.8) is 0 Å². The Hall–Kier alpha value is -1.62. The fourth-order valence-corrected chi connectivity index (χ4v) is 0.976. The summed E-state index contributed by atoms with van der Waals surface area (Å²) < 4.78 is 0. The largest absolute Gasteiger partial charge is 0.465 e. The average Bonchev–Trinajstić information content (AvgIpc) is 2.15. The second-order valence-corrected chi connectivity index (χ2v) is 2.47. The number of aromatic nitrogens is 1. The van der Waals surface area contributed by atoms with Crippen molar-refractivity contribution < 1.29 is 9.90 Å². The van der Waals surface area contributed by atoms with Gasteiger partial charge in [-0.2, -0.15) is 0 Å². The zero-order valence-corrected chi connectivity index (χ0v) is 7.03. The van der Waals surface area contributed by atoms with Gasteiger partial charge in [0.25, 0.3) is 0 Å². The van der Waals surface area contributed by atoms with Crippen molar-refractivity contribution in [3.8, 4) is 0 Å². The van der Waals surface area contributed by atoms with Crippen molar-refractivity contribution >= 4 is 6.09 Å². The third kappa shape index (κ3) is 2.72. The Kier molecular flexibility index (Phi) is 3.22. The lowest BCUT2D eigenvalue weighted by molar-refractivity contribution is 0.194. The van der Waals surface area contributed by atoms with Crippen molar-refractivity contribution in [2.45, 2.75) is 13.1 Å². The van der Waals surface area contributed by atoms with Gasteiger partial charge in [-0.1, -0.05) is 6.07 Å². The third-order valence-electron chi connectivity index (χ3n) is 1.61. The lowest BCUT2D eigenvalue weighted by Gasteiger charge is -2.05. The van der Waals surface area contributed by atoms with Crippen LogP contribution in [0.5, 0.6) is 0 Å². The second-order valence-electron chi connectivity index (χ2n) is 2.47. The zero-order valence-electron chi connectivity index (χ0n) is 7.03. The molecule has 5 nitrogen and oxygen atoms in total. The smallest absolute Gasteiger partial charge is 0.404 e. The van der Waals surface area contributed by atoms with E-state index in [4.69, 9.17) is 10.8 Å². The normalized spacial score (nSPS) is 9.62. The minimum atomic E-state index is -1.06. The summed E-state index contributed by atoms with van der Waals surface area (Å²) in [7, 11) is 0. The van der Waals surface area contributed by atoms with Gasteiger partial charge in [-0.15, -0.1) is 0 Å². The molecule has 0 aliphatic carbocycles. The quantitative estimate of drug-likeness (QED) is 0.626. The van der Waals surface area contributed by atoms with Crippen LogP contribution in [0.3, 0.4) is 0 Å². The molecule has 0 fully saturated rings. The summed E-state index contributed by atoms with van der Waals surface area (Å²) in [6, 6.07) is 3.60. The van der Waals surface area contributed by atoms with Crippen LogP contribution in [-0.4, -0.2) is 16.2 Å². The number of amides is 1. The molecule has 0 saturated carbocycles. The number of rotatable bonds is 3. The maximum atomic E-state index is 10.2. The van der Waals surface area contributed by atoms with Crippen molar-refractivity contribution in [2.24, 2.45) is 5.73 Å². The summed E-state index contributed by atoms with van der Waals surface area (Å²) in [5.41, 5.74) is 6.97. The molecule has 0 aliphatic rings. The first-order chi connectivity index (χ1) is 6.24. The molecule has 0 aromatic carbocycles. The molecule has 0 spiro atoms. The number of pyridine rings is 1. The third-order valence-corrected chi connectivity index (χ3v) is 1.61. The second kappa shape index (κ2) is 4.42. The highest BCUT2D eigenvalue weighted by Crippen LogP contribution is 2.03. The average molecular weight is 181 g/mol. The Bertz CT molecular complexity index is 301. The van der Waals surface area contributed by atoms with Crippen LogP contribution in [0.25, 0.3) is 0 Å². The van der Waals surface area contributed by atoms with Gasteiger partial charge in [-0.25, -0.2) is 4.79 Å². The number of hydrogen-bond acceptors (Lipinski definition) is 3. The van der Waals surface area contributed by atoms with Crippen molar-refractivity contribution in [3.05, 3.63) is 29.6 Å². The first-order valence-electron chi connectivity index (χ1n) is 3.83. The Morgan fingerprint density at radius 2 is 2.46 bits per heavy atom. The van der Waals surface area contributed by atoms with Gasteiger partial charge in [0.05, 0.1) is 12.2 Å². The topological polar surface area (TPSA) is 88.2 Å². The zero-order chi connectivity index (χ0) is 9.68. The van der Waals surface area contributed by atoms with E-state index in [1.807, 2.05) is 6.07 Å². The number of nitrogens with zero attached hydrogens (tertiary/aromatic N) is 1. The van der Waals surface area contributed by atoms with E-state index in [0.717, 1.165) is 5.56 Å². The van der Waals surface area contributed by atoms with E-state index in [1.165, 1.54) is 0 Å². The molecule has 5 heteroatoms. The van der Waals surface area contributed by atoms with Crippen LogP contribution in [0.1, 0.15) is 11.3 Å². The monoisotopic (exact) mass is 181 g/mol. The lowest BCUT2D eigenvalue weighted by atomic mass is 10.2. The van der Waals surface area contributed by atoms with E-state index in [-0.39, 0.29) is 6.54 Å². The molecule has 70 valence electrons. The molecule has 0 atom stereocenters. The number of carbonyl (C=O) groups is 1. The number of nitrogens with one attached hydrogen (secondary N) is 1. The molecule has 1 aromatic heterocycles. The van der Waals surface area contributed by atoms with Gasteiger partial charge < -0.3 is 16.2 Å². The number of carboxylic acid groups (broad SMARTS) is 1. The van der Waals surface area contributed by atoms with Crippen molar-refractivity contribution in [1.29, 1.82) is 0 Å². The summed E-state index contributed by atoms with van der Waals surface area (Å²) >= 11 is 0. The first kappa shape index (κ1) is 9.47. The molecule has 0 saturated heterocycles. The van der Waals surface area contributed by atoms with Gasteiger partial charge in [0.2, 0.25) is 0 Å². The van der Waals surface area contributed by atoms with Crippen molar-refractivity contribution in [2.75, 3.05) is 0 Å². The first-order valence-corrected chi connectivity index (χ1v) is 3.83. The molecular formula is C8H11N3O2. The Labute approximate surface area is 75.6 Å². The van der Waals surface area contributed by atoms with Crippen molar-refractivity contribution in [1.82, 2.24) is 10.3 Å². The van der Waals surface area contributed by atoms with E-state index in [2.05, 4.69) is 10.3 Å². The lowest BCUT2D eigenvalue weighted by Crippen LogP contribution is -2.22. The molecule has 1 heterocycles. The molecule has 0 radical (unpaired) electrons. The number of nitrogens with two attached hydrogens (primary N) is 1. The summed E-state index contributed by atoms with van der Waals surface area (Å²) in [5.74, 6) is 0. The molecular weight excluding hydrogens is 170 g/mol. The molecule has 1 aromatic rings. The van der Waals surface area contributed by atoms with Crippen LogP contribution in [0.15, 0.2) is 18.3 Å². The molecule has 0 unspecified atom stereocenters. The van der Waals surface area contributed by atoms with E-state index in [1.54, 1.807) is 12.3 Å². The summed E-state index contributed by atoms with van der Waals surface area (Å²) in [6.07, 6.45) is 0.548. The molecule has 1 rings (SSSR count). The summed E-state index contributed by atoms with van der Waals surface area (Å²) in [5, 5.41) is 10.6. The minimum Gasteiger partial charge on any atom is -0.465 e. The fourth-order valence-electron chi connectivity index (χ4n) is 0.976. The molecule has 4 N–H and O–H groups in total. The minimum absolute atomic E-state index is 0.197. The highest BCUT2D eigenvalue weighted by atomic mass is 16.4. The van der Waals surface area contributed by atoms with E-state index in [0.29, 0.717) is 12.2 Å². The van der Waals surface area contributed by atoms with E-state index >= 15 is 0 Å². The maximum absolute atomic E-state index is 10.2.